The van der Waals surface area contributed by atoms with Crippen LogP contribution in [0.4, 0.5) is 15.2 Å². The summed E-state index contributed by atoms with van der Waals surface area (Å²) in [5.74, 6) is -0.261. The number of carbonyl (C=O) groups excluding carboxylic acids is 1. The number of halogens is 1. The highest BCUT2D eigenvalue weighted by Crippen LogP contribution is 2.44. The number of methoxy groups -OCH3 is 1. The van der Waals surface area contributed by atoms with Gasteiger partial charge in [0.25, 0.3) is 5.91 Å². The Bertz CT molecular complexity index is 1480. The van der Waals surface area contributed by atoms with Gasteiger partial charge in [-0.25, -0.2) is 9.29 Å². The number of amides is 1. The Kier molecular flexibility index (Phi) is 6.20. The summed E-state index contributed by atoms with van der Waals surface area (Å²) in [6, 6.07) is 22.1. The Labute approximate surface area is 212 Å². The van der Waals surface area contributed by atoms with Crippen LogP contribution >= 0.6 is 11.3 Å². The zero-order valence-electron chi connectivity index (χ0n) is 20.0. The maximum absolute atomic E-state index is 14.4. The summed E-state index contributed by atoms with van der Waals surface area (Å²) in [7, 11) is 3.39. The number of rotatable bonds is 5. The van der Waals surface area contributed by atoms with Crippen molar-refractivity contribution in [3.8, 4) is 22.1 Å². The predicted octanol–water partition coefficient (Wildman–Crippen LogP) is 5.51. The first-order valence-corrected chi connectivity index (χ1v) is 12.2. The number of thiazole rings is 1. The Hall–Kier alpha value is -4.17. The number of para-hydroxylation sites is 2. The number of aromatic hydroxyl groups is 1. The number of anilines is 2. The summed E-state index contributed by atoms with van der Waals surface area (Å²) in [4.78, 5) is 16.4. The van der Waals surface area contributed by atoms with E-state index in [4.69, 9.17) is 4.74 Å². The number of hydrogen-bond donors (Lipinski definition) is 2. The Morgan fingerprint density at radius 1 is 1.08 bits per heavy atom. The molecule has 1 aliphatic heterocycles. The maximum atomic E-state index is 14.4. The van der Waals surface area contributed by atoms with Gasteiger partial charge >= 0.3 is 11.0 Å². The molecule has 1 aromatic heterocycles. The van der Waals surface area contributed by atoms with Crippen LogP contribution < -0.4 is 19.5 Å². The van der Waals surface area contributed by atoms with Crippen LogP contribution in [0.5, 0.6) is 11.6 Å². The van der Waals surface area contributed by atoms with Gasteiger partial charge in [0.1, 0.15) is 27.7 Å². The van der Waals surface area contributed by atoms with Gasteiger partial charge in [-0.1, -0.05) is 54.6 Å². The number of benzene rings is 3. The van der Waals surface area contributed by atoms with Crippen molar-refractivity contribution in [2.45, 2.75) is 13.0 Å². The van der Waals surface area contributed by atoms with Crippen molar-refractivity contribution in [3.05, 3.63) is 102 Å². The van der Waals surface area contributed by atoms with E-state index in [1.165, 1.54) is 30.6 Å². The van der Waals surface area contributed by atoms with Crippen molar-refractivity contribution in [2.75, 3.05) is 24.4 Å². The van der Waals surface area contributed by atoms with Gasteiger partial charge < -0.3 is 15.2 Å². The van der Waals surface area contributed by atoms with Crippen LogP contribution in [0, 0.1) is 5.82 Å². The Balaban J connectivity index is 1.69. The molecule has 182 valence electrons. The summed E-state index contributed by atoms with van der Waals surface area (Å²) in [5.41, 5.74) is 3.00. The fourth-order valence-corrected chi connectivity index (χ4v) is 5.69. The van der Waals surface area contributed by atoms with Crippen LogP contribution in [0.2, 0.25) is 0 Å². The minimum atomic E-state index is -0.754. The zero-order valence-corrected chi connectivity index (χ0v) is 20.8. The van der Waals surface area contributed by atoms with Gasteiger partial charge in [-0.3, -0.25) is 4.79 Å². The average molecular weight is 503 g/mol. The quantitative estimate of drug-likeness (QED) is 0.354. The van der Waals surface area contributed by atoms with Gasteiger partial charge in [0.05, 0.1) is 19.8 Å². The van der Waals surface area contributed by atoms with E-state index in [1.807, 2.05) is 55.3 Å². The summed E-state index contributed by atoms with van der Waals surface area (Å²) in [6.07, 6.45) is 0. The monoisotopic (exact) mass is 502 g/mol. The minimum absolute atomic E-state index is 0.0115. The molecule has 1 aliphatic rings. The molecular weight excluding hydrogens is 477 g/mol. The highest BCUT2D eigenvalue weighted by Gasteiger charge is 2.45. The lowest BCUT2D eigenvalue weighted by Gasteiger charge is -2.28. The fraction of sp³-hybridized carbons (Fsp3) is 0.143. The number of hydrogen-bond acceptors (Lipinski definition) is 5. The largest absolute Gasteiger partial charge is 0.495 e. The molecule has 0 aliphatic carbocycles. The number of nitrogens with zero attached hydrogens (tertiary/aromatic N) is 2. The van der Waals surface area contributed by atoms with Crippen molar-refractivity contribution < 1.29 is 23.6 Å². The number of allylic oxidation sites excluding steroid dienone is 1. The first-order chi connectivity index (χ1) is 17.4. The second kappa shape index (κ2) is 9.47. The molecule has 0 bridgehead atoms. The molecule has 0 spiro atoms. The fourth-order valence-electron chi connectivity index (χ4n) is 4.50. The van der Waals surface area contributed by atoms with Crippen LogP contribution in [0.15, 0.2) is 90.1 Å². The molecule has 2 heterocycles. The summed E-state index contributed by atoms with van der Waals surface area (Å²) < 4.78 is 21.5. The Morgan fingerprint density at radius 2 is 1.81 bits per heavy atom. The molecule has 0 saturated carbocycles. The Morgan fingerprint density at radius 3 is 2.53 bits per heavy atom. The van der Waals surface area contributed by atoms with E-state index >= 15 is 0 Å². The van der Waals surface area contributed by atoms with Crippen molar-refractivity contribution in [1.29, 1.82) is 0 Å². The van der Waals surface area contributed by atoms with E-state index < -0.39 is 11.9 Å². The molecule has 1 atom stereocenters. The van der Waals surface area contributed by atoms with Crippen LogP contribution in [-0.4, -0.2) is 25.2 Å². The highest BCUT2D eigenvalue weighted by atomic mass is 32.1. The van der Waals surface area contributed by atoms with E-state index in [1.54, 1.807) is 34.9 Å². The standard InChI is InChI=1S/C28H24FN3O3S/c1-17-23(26(33)30-21-14-7-8-15-22(21)35-3)24(19-12-9-13-20(29)16-19)32-27(34)25(36-28(32)31(17)2)18-10-5-4-6-11-18/h4-16,24H,1-3H3,(H-,30,33,34)/p+1. The third-order valence-electron chi connectivity index (χ3n) is 6.34. The number of fused-ring (bicyclic) bond motifs is 1. The number of nitrogens with one attached hydrogen (secondary N) is 1. The van der Waals surface area contributed by atoms with E-state index in [0.29, 0.717) is 33.1 Å². The first-order valence-electron chi connectivity index (χ1n) is 11.4. The average Bonchev–Trinajstić information content (AvgIpc) is 3.23. The molecule has 3 aromatic carbocycles. The van der Waals surface area contributed by atoms with Gasteiger partial charge in [-0.2, -0.15) is 4.57 Å². The minimum Gasteiger partial charge on any atom is -0.495 e. The SMILES string of the molecule is COc1ccccc1NC(=O)C1=C(C)N(C)c2sc(-c3ccccc3)c(O)[n+]2C1c1cccc(F)c1. The predicted molar refractivity (Wildman–Crippen MR) is 139 cm³/mol. The van der Waals surface area contributed by atoms with Crippen molar-refractivity contribution in [1.82, 2.24) is 0 Å². The lowest BCUT2D eigenvalue weighted by molar-refractivity contribution is -0.695. The second-order valence-corrected chi connectivity index (χ2v) is 9.42. The molecule has 1 amide bonds. The topological polar surface area (TPSA) is 65.7 Å². The van der Waals surface area contributed by atoms with Crippen molar-refractivity contribution in [3.63, 3.8) is 0 Å². The molecule has 0 fully saturated rings. The molecule has 6 nitrogen and oxygen atoms in total. The molecule has 4 aromatic rings. The van der Waals surface area contributed by atoms with Crippen LogP contribution in [0.1, 0.15) is 18.5 Å². The summed E-state index contributed by atoms with van der Waals surface area (Å²) in [5, 5.41) is 15.2. The summed E-state index contributed by atoms with van der Waals surface area (Å²) in [6.45, 7) is 1.85. The van der Waals surface area contributed by atoms with Crippen LogP contribution in [0.25, 0.3) is 10.4 Å². The lowest BCUT2D eigenvalue weighted by Crippen LogP contribution is -2.50. The van der Waals surface area contributed by atoms with Gasteiger partial charge in [-0.15, -0.1) is 0 Å². The van der Waals surface area contributed by atoms with E-state index in [-0.39, 0.29) is 11.8 Å². The molecule has 1 unspecified atom stereocenters. The molecular formula is C28H25FN3O3S+. The molecule has 0 saturated heterocycles. The third-order valence-corrected chi connectivity index (χ3v) is 7.62. The van der Waals surface area contributed by atoms with Crippen molar-refractivity contribution >= 4 is 28.1 Å². The molecule has 5 rings (SSSR count). The zero-order chi connectivity index (χ0) is 25.4. The molecule has 0 radical (unpaired) electrons. The van der Waals surface area contributed by atoms with Crippen molar-refractivity contribution in [2.24, 2.45) is 0 Å². The molecule has 8 heteroatoms. The normalized spacial score (nSPS) is 15.0. The number of carbonyl (C=O) groups is 1. The number of aromatic nitrogens is 1. The lowest BCUT2D eigenvalue weighted by atomic mass is 9.94. The van der Waals surface area contributed by atoms with Gasteiger partial charge in [-0.05, 0) is 48.1 Å². The molecule has 36 heavy (non-hydrogen) atoms. The smallest absolute Gasteiger partial charge is 0.345 e. The van der Waals surface area contributed by atoms with E-state index in [9.17, 15) is 14.3 Å². The van der Waals surface area contributed by atoms with Crippen LogP contribution in [0.3, 0.4) is 0 Å². The van der Waals surface area contributed by atoms with E-state index in [0.717, 1.165) is 10.7 Å². The first kappa shape index (κ1) is 23.6. The van der Waals surface area contributed by atoms with Gasteiger partial charge in [0.2, 0.25) is 0 Å². The van der Waals surface area contributed by atoms with Gasteiger partial charge in [0.15, 0.2) is 6.04 Å². The second-order valence-electron chi connectivity index (χ2n) is 8.44. The summed E-state index contributed by atoms with van der Waals surface area (Å²) >= 11 is 1.41. The third kappa shape index (κ3) is 3.99. The van der Waals surface area contributed by atoms with Crippen LogP contribution in [-0.2, 0) is 4.79 Å². The number of ether oxygens (including phenoxy) is 1. The van der Waals surface area contributed by atoms with E-state index in [2.05, 4.69) is 5.32 Å². The maximum Gasteiger partial charge on any atom is 0.345 e. The highest BCUT2D eigenvalue weighted by molar-refractivity contribution is 7.18. The molecule has 2 N–H and O–H groups in total. The van der Waals surface area contributed by atoms with Gasteiger partial charge in [0, 0.05) is 5.56 Å².